The highest BCUT2D eigenvalue weighted by Gasteiger charge is 2.42. The van der Waals surface area contributed by atoms with Crippen molar-refractivity contribution in [3.05, 3.63) is 58.8 Å². The number of aromatic nitrogens is 2. The first-order chi connectivity index (χ1) is 12.7. The molecule has 7 nitrogen and oxygen atoms in total. The minimum absolute atomic E-state index is 0.0533. The van der Waals surface area contributed by atoms with E-state index in [1.807, 2.05) is 24.3 Å². The van der Waals surface area contributed by atoms with Gasteiger partial charge in [0.15, 0.2) is 0 Å². The first kappa shape index (κ1) is 16.8. The van der Waals surface area contributed by atoms with E-state index in [-0.39, 0.29) is 24.1 Å². The van der Waals surface area contributed by atoms with Gasteiger partial charge in [-0.1, -0.05) is 18.2 Å². The predicted molar refractivity (Wildman–Crippen MR) is 93.9 cm³/mol. The second-order valence-corrected chi connectivity index (χ2v) is 6.79. The first-order valence-electron chi connectivity index (χ1n) is 8.82. The van der Waals surface area contributed by atoms with E-state index < -0.39 is 5.69 Å². The van der Waals surface area contributed by atoms with Crippen LogP contribution >= 0.6 is 0 Å². The van der Waals surface area contributed by atoms with Crippen LogP contribution in [0.15, 0.2) is 47.5 Å². The Labute approximate surface area is 151 Å². The molecule has 0 radical (unpaired) electrons. The summed E-state index contributed by atoms with van der Waals surface area (Å²) in [6.45, 7) is 1.27. The number of fused-ring (bicyclic) bond motifs is 1. The van der Waals surface area contributed by atoms with E-state index in [2.05, 4.69) is 10.3 Å². The highest BCUT2D eigenvalue weighted by molar-refractivity contribution is 5.76. The van der Waals surface area contributed by atoms with Crippen molar-refractivity contribution in [1.82, 2.24) is 14.9 Å². The maximum atomic E-state index is 12.5. The molecule has 0 bridgehead atoms. The second-order valence-electron chi connectivity index (χ2n) is 6.79. The van der Waals surface area contributed by atoms with Gasteiger partial charge in [0.1, 0.15) is 17.9 Å². The average molecular weight is 355 g/mol. The Bertz CT molecular complexity index is 858. The fraction of sp³-hybridized carbons (Fsp3) is 0.421. The van der Waals surface area contributed by atoms with E-state index >= 15 is 0 Å². The third-order valence-corrected chi connectivity index (χ3v) is 5.03. The zero-order valence-corrected chi connectivity index (χ0v) is 14.4. The number of hydrogen-bond acceptors (Lipinski definition) is 5. The predicted octanol–water partition coefficient (Wildman–Crippen LogP) is 1.43. The van der Waals surface area contributed by atoms with Gasteiger partial charge in [-0.2, -0.15) is 0 Å². The lowest BCUT2D eigenvalue weighted by atomic mass is 9.82. The number of carbonyl (C=O) groups excluding carboxylic acids is 1. The van der Waals surface area contributed by atoms with Gasteiger partial charge in [0.05, 0.1) is 19.3 Å². The molecule has 136 valence electrons. The molecular weight excluding hydrogens is 334 g/mol. The number of ether oxygens (including phenoxy) is 2. The molecule has 1 saturated heterocycles. The topological polar surface area (TPSA) is 82.5 Å². The summed E-state index contributed by atoms with van der Waals surface area (Å²) < 4.78 is 13.1. The largest absolute Gasteiger partial charge is 0.487 e. The minimum atomic E-state index is -0.434. The highest BCUT2D eigenvalue weighted by atomic mass is 16.5. The van der Waals surface area contributed by atoms with E-state index in [1.54, 1.807) is 12.3 Å². The van der Waals surface area contributed by atoms with Gasteiger partial charge in [0.2, 0.25) is 5.91 Å². The number of rotatable bonds is 3. The zero-order valence-electron chi connectivity index (χ0n) is 14.4. The number of para-hydroxylation sites is 1. The number of amides is 1. The molecule has 26 heavy (non-hydrogen) atoms. The molecule has 1 N–H and O–H groups in total. The molecule has 4 rings (SSSR count). The van der Waals surface area contributed by atoms with Crippen LogP contribution in [0, 0.1) is 0 Å². The minimum Gasteiger partial charge on any atom is -0.487 e. The van der Waals surface area contributed by atoms with Crippen molar-refractivity contribution in [1.29, 1.82) is 0 Å². The van der Waals surface area contributed by atoms with Crippen LogP contribution in [-0.4, -0.2) is 34.3 Å². The van der Waals surface area contributed by atoms with E-state index in [9.17, 15) is 9.59 Å². The Morgan fingerprint density at radius 2 is 2.08 bits per heavy atom. The molecule has 2 aromatic rings. The zero-order chi connectivity index (χ0) is 18.0. The van der Waals surface area contributed by atoms with E-state index in [4.69, 9.17) is 9.47 Å². The van der Waals surface area contributed by atoms with Crippen molar-refractivity contribution in [3.63, 3.8) is 0 Å². The van der Waals surface area contributed by atoms with Crippen LogP contribution < -0.4 is 15.7 Å². The maximum Gasteiger partial charge on any atom is 0.347 e. The third kappa shape index (κ3) is 3.35. The maximum absolute atomic E-state index is 12.5. The lowest BCUT2D eigenvalue weighted by molar-refractivity contribution is -0.123. The molecule has 2 aliphatic heterocycles. The lowest BCUT2D eigenvalue weighted by Crippen LogP contribution is -2.49. The number of nitrogens with zero attached hydrogens (tertiary/aromatic N) is 2. The first-order valence-corrected chi connectivity index (χ1v) is 8.82. The molecule has 1 amide bonds. The van der Waals surface area contributed by atoms with Gasteiger partial charge in [0.25, 0.3) is 0 Å². The number of carbonyl (C=O) groups is 1. The Balaban J connectivity index is 1.55. The van der Waals surface area contributed by atoms with Crippen molar-refractivity contribution in [2.24, 2.45) is 0 Å². The highest BCUT2D eigenvalue weighted by Crippen LogP contribution is 2.43. The van der Waals surface area contributed by atoms with Crippen LogP contribution in [0.25, 0.3) is 0 Å². The Hall–Kier alpha value is -2.67. The van der Waals surface area contributed by atoms with Gasteiger partial charge in [0, 0.05) is 37.2 Å². The number of nitrogens with one attached hydrogen (secondary N) is 1. The van der Waals surface area contributed by atoms with Crippen molar-refractivity contribution in [2.45, 2.75) is 37.5 Å². The monoisotopic (exact) mass is 355 g/mol. The van der Waals surface area contributed by atoms with Crippen molar-refractivity contribution >= 4 is 5.91 Å². The fourth-order valence-electron chi connectivity index (χ4n) is 3.70. The van der Waals surface area contributed by atoms with Gasteiger partial charge in [-0.25, -0.2) is 9.78 Å². The number of hydrogen-bond donors (Lipinski definition) is 1. The van der Waals surface area contributed by atoms with Crippen LogP contribution in [0.4, 0.5) is 0 Å². The summed E-state index contributed by atoms with van der Waals surface area (Å²) in [7, 11) is 0. The molecule has 3 heterocycles. The fourth-order valence-corrected chi connectivity index (χ4v) is 3.70. The molecule has 0 unspecified atom stereocenters. The normalized spacial score (nSPS) is 20.8. The molecule has 1 aromatic carbocycles. The molecular formula is C19H21N3O4. The summed E-state index contributed by atoms with van der Waals surface area (Å²) in [6, 6.07) is 9.27. The molecule has 2 aliphatic rings. The van der Waals surface area contributed by atoms with Gasteiger partial charge < -0.3 is 14.8 Å². The van der Waals surface area contributed by atoms with Gasteiger partial charge >= 0.3 is 5.69 Å². The molecule has 1 atom stereocenters. The summed E-state index contributed by atoms with van der Waals surface area (Å²) >= 11 is 0. The molecule has 7 heteroatoms. The number of benzene rings is 1. The molecule has 0 aliphatic carbocycles. The van der Waals surface area contributed by atoms with Crippen LogP contribution in [0.1, 0.15) is 30.9 Å². The quantitative estimate of drug-likeness (QED) is 0.901. The van der Waals surface area contributed by atoms with Gasteiger partial charge in [-0.05, 0) is 12.1 Å². The van der Waals surface area contributed by atoms with E-state index in [1.165, 1.54) is 10.8 Å². The summed E-state index contributed by atoms with van der Waals surface area (Å²) in [5, 5.41) is 3.08. The van der Waals surface area contributed by atoms with E-state index in [0.717, 1.165) is 24.2 Å². The SMILES string of the molecule is O=C(Cn1cccnc1=O)N[C@H]1CC2(CCOCC2)Oc2ccccc21. The molecule has 1 aromatic heterocycles. The standard InChI is InChI=1S/C19H21N3O4/c23-17(13-22-9-3-8-20-18(22)24)21-15-12-19(6-10-25-11-7-19)26-16-5-2-1-4-14(15)16/h1-5,8-9,15H,6-7,10-13H2,(H,21,23)/t15-/m0/s1. The van der Waals surface area contributed by atoms with Crippen LogP contribution in [0.2, 0.25) is 0 Å². The van der Waals surface area contributed by atoms with Crippen LogP contribution in [0.5, 0.6) is 5.75 Å². The van der Waals surface area contributed by atoms with Gasteiger partial charge in [-0.3, -0.25) is 9.36 Å². The van der Waals surface area contributed by atoms with Crippen molar-refractivity contribution in [2.75, 3.05) is 13.2 Å². The average Bonchev–Trinajstić information content (AvgIpc) is 2.64. The third-order valence-electron chi connectivity index (χ3n) is 5.03. The summed E-state index contributed by atoms with van der Waals surface area (Å²) in [4.78, 5) is 28.0. The Morgan fingerprint density at radius 3 is 2.88 bits per heavy atom. The Morgan fingerprint density at radius 1 is 1.27 bits per heavy atom. The smallest absolute Gasteiger partial charge is 0.347 e. The summed E-state index contributed by atoms with van der Waals surface area (Å²) in [5.74, 6) is 0.591. The van der Waals surface area contributed by atoms with Gasteiger partial charge in [-0.15, -0.1) is 0 Å². The molecule has 1 fully saturated rings. The van der Waals surface area contributed by atoms with E-state index in [0.29, 0.717) is 19.6 Å². The Kier molecular flexibility index (Phi) is 4.46. The molecule has 1 spiro atoms. The lowest BCUT2D eigenvalue weighted by Gasteiger charge is -2.44. The van der Waals surface area contributed by atoms with Crippen molar-refractivity contribution in [3.8, 4) is 5.75 Å². The molecule has 0 saturated carbocycles. The second kappa shape index (κ2) is 6.92. The van der Waals surface area contributed by atoms with Crippen LogP contribution in [-0.2, 0) is 16.1 Å². The summed E-state index contributed by atoms with van der Waals surface area (Å²) in [5.41, 5.74) is 0.225. The van der Waals surface area contributed by atoms with Crippen LogP contribution in [0.3, 0.4) is 0 Å². The summed E-state index contributed by atoms with van der Waals surface area (Å²) in [6.07, 6.45) is 5.28. The van der Waals surface area contributed by atoms with Crippen molar-refractivity contribution < 1.29 is 14.3 Å².